The average molecular weight is 424 g/mol. The molecular formula is C25H33N3O3. The van der Waals surface area contributed by atoms with Gasteiger partial charge in [0.15, 0.2) is 0 Å². The molecule has 1 aliphatic rings. The summed E-state index contributed by atoms with van der Waals surface area (Å²) in [6, 6.07) is 14.7. The minimum Gasteiger partial charge on any atom is -0.493 e. The number of rotatable bonds is 8. The lowest BCUT2D eigenvalue weighted by Gasteiger charge is -2.30. The topological polar surface area (TPSA) is 70.7 Å². The first-order chi connectivity index (χ1) is 14.9. The highest BCUT2D eigenvalue weighted by Gasteiger charge is 2.21. The van der Waals surface area contributed by atoms with Crippen molar-refractivity contribution in [1.29, 1.82) is 0 Å². The Morgan fingerprint density at radius 3 is 2.45 bits per heavy atom. The number of hydrogen-bond donors (Lipinski definition) is 2. The first-order valence-corrected chi connectivity index (χ1v) is 11.1. The maximum atomic E-state index is 12.8. The molecule has 2 N–H and O–H groups in total. The second-order valence-corrected chi connectivity index (χ2v) is 8.69. The van der Waals surface area contributed by atoms with Gasteiger partial charge >= 0.3 is 0 Å². The predicted molar refractivity (Wildman–Crippen MR) is 125 cm³/mol. The fraction of sp³-hybridized carbons (Fsp3) is 0.440. The van der Waals surface area contributed by atoms with Crippen LogP contribution in [0, 0.1) is 11.8 Å². The third-order valence-corrected chi connectivity index (χ3v) is 5.35. The van der Waals surface area contributed by atoms with Crippen LogP contribution in [0.2, 0.25) is 0 Å². The maximum absolute atomic E-state index is 12.8. The van der Waals surface area contributed by atoms with Gasteiger partial charge in [-0.05, 0) is 67.1 Å². The van der Waals surface area contributed by atoms with E-state index in [0.29, 0.717) is 29.7 Å². The number of carbonyl (C=O) groups excluding carboxylic acids is 2. The van der Waals surface area contributed by atoms with Gasteiger partial charge in [-0.25, -0.2) is 0 Å². The molecule has 0 unspecified atom stereocenters. The lowest BCUT2D eigenvalue weighted by molar-refractivity contribution is -0.114. The van der Waals surface area contributed by atoms with E-state index >= 15 is 0 Å². The van der Waals surface area contributed by atoms with Crippen molar-refractivity contribution in [2.45, 2.75) is 33.6 Å². The van der Waals surface area contributed by atoms with Crippen molar-refractivity contribution in [3.8, 4) is 5.75 Å². The van der Waals surface area contributed by atoms with Gasteiger partial charge in [-0.15, -0.1) is 0 Å². The molecule has 2 amide bonds. The molecule has 166 valence electrons. The zero-order valence-corrected chi connectivity index (χ0v) is 18.7. The molecule has 2 aromatic carbocycles. The molecule has 1 fully saturated rings. The van der Waals surface area contributed by atoms with Gasteiger partial charge in [0, 0.05) is 30.0 Å². The van der Waals surface area contributed by atoms with Gasteiger partial charge in [-0.3, -0.25) is 9.59 Å². The fourth-order valence-electron chi connectivity index (χ4n) is 3.44. The lowest BCUT2D eigenvalue weighted by Crippen LogP contribution is -2.37. The zero-order chi connectivity index (χ0) is 22.2. The molecule has 0 atom stereocenters. The molecule has 1 aliphatic heterocycles. The molecule has 0 radical (unpaired) electrons. The summed E-state index contributed by atoms with van der Waals surface area (Å²) < 4.78 is 5.66. The lowest BCUT2D eigenvalue weighted by atomic mass is 9.98. The molecule has 3 rings (SSSR count). The maximum Gasteiger partial charge on any atom is 0.253 e. The van der Waals surface area contributed by atoms with E-state index in [1.54, 1.807) is 0 Å². The Morgan fingerprint density at radius 1 is 1.06 bits per heavy atom. The molecule has 6 heteroatoms. The van der Waals surface area contributed by atoms with Crippen LogP contribution >= 0.6 is 0 Å². The highest BCUT2D eigenvalue weighted by atomic mass is 16.5. The van der Waals surface area contributed by atoms with E-state index < -0.39 is 0 Å². The zero-order valence-electron chi connectivity index (χ0n) is 18.7. The molecule has 31 heavy (non-hydrogen) atoms. The van der Waals surface area contributed by atoms with Crippen molar-refractivity contribution < 1.29 is 14.3 Å². The standard InChI is InChI=1S/C25H33N3O3/c1-18(2)17-31-23-9-7-21(8-10-23)27-24(29)16-26-22-6-4-5-20(15-22)25(30)28-13-11-19(3)12-14-28/h4-10,15,18-19,26H,11-14,16-17H2,1-3H3,(H,27,29). The van der Waals surface area contributed by atoms with Crippen LogP contribution in [-0.4, -0.2) is 43.0 Å². The van der Waals surface area contributed by atoms with E-state index in [1.807, 2.05) is 53.4 Å². The molecule has 2 aromatic rings. The van der Waals surface area contributed by atoms with Gasteiger partial charge in [-0.1, -0.05) is 26.8 Å². The van der Waals surface area contributed by atoms with Gasteiger partial charge < -0.3 is 20.3 Å². The highest BCUT2D eigenvalue weighted by Crippen LogP contribution is 2.20. The predicted octanol–water partition coefficient (Wildman–Crippen LogP) is 4.64. The minimum atomic E-state index is -0.155. The Labute approximate surface area is 185 Å². The molecule has 1 heterocycles. The summed E-state index contributed by atoms with van der Waals surface area (Å²) in [5.41, 5.74) is 2.12. The minimum absolute atomic E-state index is 0.0553. The van der Waals surface area contributed by atoms with Crippen molar-refractivity contribution >= 4 is 23.2 Å². The average Bonchev–Trinajstić information content (AvgIpc) is 2.77. The van der Waals surface area contributed by atoms with Crippen LogP contribution in [0.15, 0.2) is 48.5 Å². The van der Waals surface area contributed by atoms with E-state index in [4.69, 9.17) is 4.74 Å². The third-order valence-electron chi connectivity index (χ3n) is 5.35. The molecule has 0 aliphatic carbocycles. The quantitative estimate of drug-likeness (QED) is 0.649. The second-order valence-electron chi connectivity index (χ2n) is 8.69. The molecule has 0 saturated carbocycles. The van der Waals surface area contributed by atoms with Crippen LogP contribution in [0.3, 0.4) is 0 Å². The summed E-state index contributed by atoms with van der Waals surface area (Å²) in [7, 11) is 0. The second kappa shape index (κ2) is 10.8. The first-order valence-electron chi connectivity index (χ1n) is 11.1. The van der Waals surface area contributed by atoms with E-state index in [0.717, 1.165) is 37.4 Å². The molecule has 1 saturated heterocycles. The summed E-state index contributed by atoms with van der Waals surface area (Å²) in [5, 5.41) is 5.97. The van der Waals surface area contributed by atoms with Gasteiger partial charge in [0.05, 0.1) is 13.2 Å². The Morgan fingerprint density at radius 2 is 1.77 bits per heavy atom. The molecule has 6 nitrogen and oxygen atoms in total. The van der Waals surface area contributed by atoms with E-state index in [9.17, 15) is 9.59 Å². The van der Waals surface area contributed by atoms with Crippen LogP contribution in [0.5, 0.6) is 5.75 Å². The Balaban J connectivity index is 1.49. The van der Waals surface area contributed by atoms with Gasteiger partial charge in [-0.2, -0.15) is 0 Å². The Kier molecular flexibility index (Phi) is 7.93. The number of piperidine rings is 1. The smallest absolute Gasteiger partial charge is 0.253 e. The van der Waals surface area contributed by atoms with E-state index in [-0.39, 0.29) is 18.4 Å². The Bertz CT molecular complexity index is 872. The summed E-state index contributed by atoms with van der Waals surface area (Å²) in [6.45, 7) is 8.82. The monoisotopic (exact) mass is 423 g/mol. The number of ether oxygens (including phenoxy) is 1. The van der Waals surface area contributed by atoms with Crippen LogP contribution in [-0.2, 0) is 4.79 Å². The van der Waals surface area contributed by atoms with E-state index in [2.05, 4.69) is 31.4 Å². The van der Waals surface area contributed by atoms with Crippen molar-refractivity contribution in [2.75, 3.05) is 36.9 Å². The summed E-state index contributed by atoms with van der Waals surface area (Å²) >= 11 is 0. The van der Waals surface area contributed by atoms with Crippen molar-refractivity contribution in [3.63, 3.8) is 0 Å². The van der Waals surface area contributed by atoms with Crippen LogP contribution in [0.4, 0.5) is 11.4 Å². The summed E-state index contributed by atoms with van der Waals surface area (Å²) in [4.78, 5) is 27.0. The summed E-state index contributed by atoms with van der Waals surface area (Å²) in [5.74, 6) is 1.83. The molecular weight excluding hydrogens is 390 g/mol. The molecule has 0 bridgehead atoms. The number of amides is 2. The van der Waals surface area contributed by atoms with Gasteiger partial charge in [0.25, 0.3) is 5.91 Å². The SMILES string of the molecule is CC(C)COc1ccc(NC(=O)CNc2cccc(C(=O)N3CCC(C)CC3)c2)cc1. The van der Waals surface area contributed by atoms with Gasteiger partial charge in [0.2, 0.25) is 5.91 Å². The number of nitrogens with one attached hydrogen (secondary N) is 2. The van der Waals surface area contributed by atoms with Crippen LogP contribution in [0.25, 0.3) is 0 Å². The number of nitrogens with zero attached hydrogens (tertiary/aromatic N) is 1. The Hall–Kier alpha value is -3.02. The third kappa shape index (κ3) is 7.02. The van der Waals surface area contributed by atoms with Gasteiger partial charge in [0.1, 0.15) is 5.75 Å². The normalized spacial score (nSPS) is 14.4. The van der Waals surface area contributed by atoms with E-state index in [1.165, 1.54) is 0 Å². The number of carbonyl (C=O) groups is 2. The first kappa shape index (κ1) is 22.7. The molecule has 0 spiro atoms. The number of likely N-dealkylation sites (tertiary alicyclic amines) is 1. The van der Waals surface area contributed by atoms with Crippen LogP contribution < -0.4 is 15.4 Å². The highest BCUT2D eigenvalue weighted by molar-refractivity contribution is 5.96. The number of hydrogen-bond acceptors (Lipinski definition) is 4. The molecule has 0 aromatic heterocycles. The number of anilines is 2. The van der Waals surface area contributed by atoms with Crippen molar-refractivity contribution in [2.24, 2.45) is 11.8 Å². The summed E-state index contributed by atoms with van der Waals surface area (Å²) in [6.07, 6.45) is 2.10. The van der Waals surface area contributed by atoms with Crippen molar-refractivity contribution in [1.82, 2.24) is 4.90 Å². The fourth-order valence-corrected chi connectivity index (χ4v) is 3.44. The largest absolute Gasteiger partial charge is 0.493 e. The van der Waals surface area contributed by atoms with Crippen LogP contribution in [0.1, 0.15) is 44.0 Å². The number of benzene rings is 2. The van der Waals surface area contributed by atoms with Crippen molar-refractivity contribution in [3.05, 3.63) is 54.1 Å².